The van der Waals surface area contributed by atoms with Gasteiger partial charge in [0.25, 0.3) is 5.91 Å². The molecule has 2 rings (SSSR count). The molecule has 0 aliphatic heterocycles. The second kappa shape index (κ2) is 10.1. The van der Waals surface area contributed by atoms with Gasteiger partial charge in [-0.05, 0) is 42.0 Å². The fraction of sp³-hybridized carbons (Fsp3) is 0.350. The van der Waals surface area contributed by atoms with Gasteiger partial charge in [0, 0.05) is 25.5 Å². The summed E-state index contributed by atoms with van der Waals surface area (Å²) in [6.45, 7) is -0.517. The Morgan fingerprint density at radius 3 is 2.39 bits per heavy atom. The molecule has 7 nitrogen and oxygen atoms in total. The van der Waals surface area contributed by atoms with Crippen molar-refractivity contribution in [3.05, 3.63) is 59.4 Å². The average molecular weight is 393 g/mol. The quantitative estimate of drug-likeness (QED) is 0.433. The van der Waals surface area contributed by atoms with Crippen LogP contribution in [0.15, 0.2) is 42.5 Å². The van der Waals surface area contributed by atoms with Crippen LogP contribution in [0.4, 0.5) is 4.39 Å². The van der Waals surface area contributed by atoms with Gasteiger partial charge in [-0.3, -0.25) is 4.79 Å². The van der Waals surface area contributed by atoms with E-state index < -0.39 is 30.7 Å². The molecular weight excluding hydrogens is 369 g/mol. The summed E-state index contributed by atoms with van der Waals surface area (Å²) in [6.07, 6.45) is -3.75. The van der Waals surface area contributed by atoms with Crippen LogP contribution < -0.4 is 10.1 Å². The summed E-state index contributed by atoms with van der Waals surface area (Å²) in [5, 5.41) is 40.6. The monoisotopic (exact) mass is 393 g/mol. The van der Waals surface area contributed by atoms with Gasteiger partial charge in [-0.2, -0.15) is 0 Å². The highest BCUT2D eigenvalue weighted by molar-refractivity contribution is 5.94. The molecular formula is C20H24FNO6. The maximum atomic E-state index is 14.1. The van der Waals surface area contributed by atoms with Crippen molar-refractivity contribution in [3.8, 4) is 11.5 Å². The maximum absolute atomic E-state index is 14.1. The molecule has 0 heterocycles. The molecule has 0 fully saturated rings. The minimum Gasteiger partial charge on any atom is -0.454 e. The number of carbonyl (C=O) groups excluding carboxylic acids is 1. The molecule has 5 N–H and O–H groups in total. The number of carbonyl (C=O) groups is 1. The summed E-state index contributed by atoms with van der Waals surface area (Å²) >= 11 is 0. The van der Waals surface area contributed by atoms with Gasteiger partial charge < -0.3 is 30.5 Å². The Morgan fingerprint density at radius 1 is 1.11 bits per heavy atom. The third-order valence-electron chi connectivity index (χ3n) is 4.18. The summed E-state index contributed by atoms with van der Waals surface area (Å²) < 4.78 is 19.6. The van der Waals surface area contributed by atoms with Crippen molar-refractivity contribution < 1.29 is 34.3 Å². The van der Waals surface area contributed by atoms with Crippen LogP contribution in [0.25, 0.3) is 0 Å². The third-order valence-corrected chi connectivity index (χ3v) is 4.18. The molecule has 0 saturated carbocycles. The lowest BCUT2D eigenvalue weighted by atomic mass is 10.00. The highest BCUT2D eigenvalue weighted by Crippen LogP contribution is 2.26. The molecule has 0 radical (unpaired) electrons. The summed E-state index contributed by atoms with van der Waals surface area (Å²) in [4.78, 5) is 11.5. The molecule has 0 spiro atoms. The van der Waals surface area contributed by atoms with Gasteiger partial charge in [-0.1, -0.05) is 6.07 Å². The number of aliphatic hydroxyl groups excluding tert-OH is 4. The smallest absolute Gasteiger partial charge is 0.251 e. The third kappa shape index (κ3) is 6.00. The van der Waals surface area contributed by atoms with Crippen LogP contribution in [0.5, 0.6) is 11.5 Å². The standard InChI is InChI=1S/C20H24FNO6/c1-22-20(27)13-3-5-15(6-4-13)28-19-9-12(2-7-16(19)21)8-17(25)18(26)10-14(24)11-23/h2-7,9,14,17-18,23-26H,8,10-11H2,1H3,(H,22,27). The molecule has 28 heavy (non-hydrogen) atoms. The van der Waals surface area contributed by atoms with Crippen LogP contribution in [-0.4, -0.2) is 58.3 Å². The number of aliphatic hydroxyl groups is 4. The first kappa shape index (κ1) is 21.8. The largest absolute Gasteiger partial charge is 0.454 e. The van der Waals surface area contributed by atoms with E-state index in [0.717, 1.165) is 0 Å². The maximum Gasteiger partial charge on any atom is 0.251 e. The fourth-order valence-electron chi connectivity index (χ4n) is 2.59. The number of rotatable bonds is 9. The van der Waals surface area contributed by atoms with Gasteiger partial charge >= 0.3 is 0 Å². The van der Waals surface area contributed by atoms with E-state index in [2.05, 4.69) is 5.32 Å². The van der Waals surface area contributed by atoms with Crippen molar-refractivity contribution in [2.75, 3.05) is 13.7 Å². The molecule has 3 unspecified atom stereocenters. The zero-order chi connectivity index (χ0) is 20.7. The summed E-state index contributed by atoms with van der Waals surface area (Å²) in [6, 6.07) is 10.2. The predicted octanol–water partition coefficient (Wildman–Crippen LogP) is 0.985. The molecule has 152 valence electrons. The molecule has 0 bridgehead atoms. The molecule has 0 saturated heterocycles. The number of halogens is 1. The van der Waals surface area contributed by atoms with Crippen molar-refractivity contribution in [1.82, 2.24) is 5.32 Å². The number of hydrogen-bond acceptors (Lipinski definition) is 6. The first-order valence-corrected chi connectivity index (χ1v) is 8.77. The predicted molar refractivity (Wildman–Crippen MR) is 99.7 cm³/mol. The molecule has 0 aliphatic carbocycles. The Balaban J connectivity index is 2.07. The first-order valence-electron chi connectivity index (χ1n) is 8.77. The first-order chi connectivity index (χ1) is 13.3. The van der Waals surface area contributed by atoms with Crippen molar-refractivity contribution in [3.63, 3.8) is 0 Å². The highest BCUT2D eigenvalue weighted by atomic mass is 19.1. The lowest BCUT2D eigenvalue weighted by Crippen LogP contribution is -2.32. The second-order valence-electron chi connectivity index (χ2n) is 6.38. The number of ether oxygens (including phenoxy) is 1. The van der Waals surface area contributed by atoms with E-state index in [0.29, 0.717) is 16.9 Å². The summed E-state index contributed by atoms with van der Waals surface area (Å²) in [5.41, 5.74) is 0.953. The molecule has 1 amide bonds. The number of nitrogens with one attached hydrogen (secondary N) is 1. The van der Waals surface area contributed by atoms with Gasteiger partial charge in [0.15, 0.2) is 11.6 Å². The van der Waals surface area contributed by atoms with E-state index in [4.69, 9.17) is 9.84 Å². The average Bonchev–Trinajstić information content (AvgIpc) is 2.70. The molecule has 0 aliphatic rings. The minimum absolute atomic E-state index is 0.00552. The van der Waals surface area contributed by atoms with E-state index >= 15 is 0 Å². The van der Waals surface area contributed by atoms with Gasteiger partial charge in [0.1, 0.15) is 5.75 Å². The van der Waals surface area contributed by atoms with Crippen LogP contribution in [0.1, 0.15) is 22.3 Å². The summed E-state index contributed by atoms with van der Waals surface area (Å²) in [5.74, 6) is -0.596. The van der Waals surface area contributed by atoms with E-state index in [-0.39, 0.29) is 24.5 Å². The van der Waals surface area contributed by atoms with Crippen molar-refractivity contribution in [1.29, 1.82) is 0 Å². The normalized spacial score (nSPS) is 14.2. The number of benzene rings is 2. The number of amides is 1. The Morgan fingerprint density at radius 2 is 1.79 bits per heavy atom. The van der Waals surface area contributed by atoms with E-state index in [1.54, 1.807) is 12.1 Å². The van der Waals surface area contributed by atoms with Crippen LogP contribution in [0.2, 0.25) is 0 Å². The van der Waals surface area contributed by atoms with E-state index in [1.165, 1.54) is 37.4 Å². The van der Waals surface area contributed by atoms with E-state index in [1.807, 2.05) is 0 Å². The highest BCUT2D eigenvalue weighted by Gasteiger charge is 2.21. The Bertz CT molecular complexity index is 783. The summed E-state index contributed by atoms with van der Waals surface area (Å²) in [7, 11) is 1.52. The zero-order valence-corrected chi connectivity index (χ0v) is 15.4. The van der Waals surface area contributed by atoms with E-state index in [9.17, 15) is 24.5 Å². The van der Waals surface area contributed by atoms with Crippen LogP contribution in [0, 0.1) is 5.82 Å². The Kier molecular flexibility index (Phi) is 7.89. The minimum atomic E-state index is -1.24. The lowest BCUT2D eigenvalue weighted by molar-refractivity contribution is -0.0228. The van der Waals surface area contributed by atoms with Gasteiger partial charge in [0.05, 0.1) is 24.9 Å². The topological polar surface area (TPSA) is 119 Å². The lowest BCUT2D eigenvalue weighted by Gasteiger charge is -2.20. The Labute approximate surface area is 162 Å². The van der Waals surface area contributed by atoms with Crippen molar-refractivity contribution in [2.24, 2.45) is 0 Å². The van der Waals surface area contributed by atoms with Gasteiger partial charge in [-0.15, -0.1) is 0 Å². The van der Waals surface area contributed by atoms with Crippen LogP contribution in [0.3, 0.4) is 0 Å². The van der Waals surface area contributed by atoms with Crippen LogP contribution >= 0.6 is 0 Å². The Hall–Kier alpha value is -2.52. The zero-order valence-electron chi connectivity index (χ0n) is 15.4. The van der Waals surface area contributed by atoms with Gasteiger partial charge in [0.2, 0.25) is 0 Å². The second-order valence-corrected chi connectivity index (χ2v) is 6.38. The molecule has 8 heteroatoms. The molecule has 2 aromatic rings. The SMILES string of the molecule is CNC(=O)c1ccc(Oc2cc(CC(O)C(O)CC(O)CO)ccc2F)cc1. The number of hydrogen-bond donors (Lipinski definition) is 5. The molecule has 2 aromatic carbocycles. The van der Waals surface area contributed by atoms with Crippen LogP contribution in [-0.2, 0) is 6.42 Å². The molecule has 0 aromatic heterocycles. The van der Waals surface area contributed by atoms with Crippen molar-refractivity contribution in [2.45, 2.75) is 31.2 Å². The fourth-order valence-corrected chi connectivity index (χ4v) is 2.59. The molecule has 3 atom stereocenters. The van der Waals surface area contributed by atoms with Crippen molar-refractivity contribution >= 4 is 5.91 Å². The van der Waals surface area contributed by atoms with Gasteiger partial charge in [-0.25, -0.2) is 4.39 Å².